The van der Waals surface area contributed by atoms with Gasteiger partial charge in [-0.25, -0.2) is 9.37 Å². The molecule has 25 heavy (non-hydrogen) atoms. The number of hydrogen-bond acceptors (Lipinski definition) is 6. The molecule has 0 fully saturated rings. The summed E-state index contributed by atoms with van der Waals surface area (Å²) < 4.78 is 29.7. The summed E-state index contributed by atoms with van der Waals surface area (Å²) in [6.07, 6.45) is 1.23. The number of methoxy groups -OCH3 is 1. The average Bonchev–Trinajstić information content (AvgIpc) is 2.99. The first-order chi connectivity index (χ1) is 11.7. The van der Waals surface area contributed by atoms with Gasteiger partial charge in [0.15, 0.2) is 11.6 Å². The number of rotatable bonds is 6. The van der Waals surface area contributed by atoms with Crippen LogP contribution in [-0.4, -0.2) is 28.8 Å². The van der Waals surface area contributed by atoms with Crippen LogP contribution in [0.1, 0.15) is 50.3 Å². The lowest BCUT2D eigenvalue weighted by molar-refractivity contribution is -0.155. The van der Waals surface area contributed by atoms with Gasteiger partial charge in [-0.05, 0) is 38.5 Å². The van der Waals surface area contributed by atoms with Crippen molar-refractivity contribution in [2.75, 3.05) is 7.11 Å². The van der Waals surface area contributed by atoms with Crippen molar-refractivity contribution in [1.29, 1.82) is 0 Å². The number of carbonyl (C=O) groups is 1. The monoisotopic (exact) mass is 351 g/mol. The van der Waals surface area contributed by atoms with E-state index in [9.17, 15) is 9.18 Å². The van der Waals surface area contributed by atoms with E-state index in [2.05, 4.69) is 4.98 Å². The maximum absolute atomic E-state index is 14.1. The van der Waals surface area contributed by atoms with Crippen molar-refractivity contribution >= 4 is 5.97 Å². The van der Waals surface area contributed by atoms with E-state index in [4.69, 9.17) is 19.0 Å². The molecule has 6 nitrogen and oxygen atoms in total. The van der Waals surface area contributed by atoms with E-state index in [1.165, 1.54) is 25.5 Å². The maximum Gasteiger partial charge on any atom is 0.307 e. The molecule has 1 heterocycles. The van der Waals surface area contributed by atoms with Crippen LogP contribution in [0.3, 0.4) is 0 Å². The number of nitrogens with zero attached hydrogens (tertiary/aromatic N) is 1. The Bertz CT molecular complexity index is 735. The second kappa shape index (κ2) is 7.65. The first-order valence-electron chi connectivity index (χ1n) is 7.84. The molecule has 1 aromatic heterocycles. The summed E-state index contributed by atoms with van der Waals surface area (Å²) in [6, 6.07) is 4.39. The molecule has 1 N–H and O–H groups in total. The Hall–Kier alpha value is -2.41. The van der Waals surface area contributed by atoms with Gasteiger partial charge in [-0.2, -0.15) is 0 Å². The molecule has 7 heteroatoms. The topological polar surface area (TPSA) is 81.8 Å². The van der Waals surface area contributed by atoms with E-state index >= 15 is 0 Å². The van der Waals surface area contributed by atoms with Gasteiger partial charge in [-0.3, -0.25) is 4.79 Å². The maximum atomic E-state index is 14.1. The molecule has 2 rings (SSSR count). The van der Waals surface area contributed by atoms with Crippen LogP contribution < -0.4 is 4.74 Å². The van der Waals surface area contributed by atoms with Crippen molar-refractivity contribution in [3.05, 3.63) is 47.4 Å². The second-order valence-electron chi connectivity index (χ2n) is 6.57. The normalized spacial score (nSPS) is 12.7. The number of aliphatic hydroxyl groups is 1. The molecule has 0 aliphatic carbocycles. The van der Waals surface area contributed by atoms with Gasteiger partial charge in [0, 0.05) is 0 Å². The van der Waals surface area contributed by atoms with Gasteiger partial charge in [0.1, 0.15) is 17.6 Å². The van der Waals surface area contributed by atoms with Crippen molar-refractivity contribution in [3.63, 3.8) is 0 Å². The number of carbonyl (C=O) groups excluding carboxylic acids is 1. The minimum Gasteiger partial charge on any atom is -0.494 e. The predicted molar refractivity (Wildman–Crippen MR) is 87.7 cm³/mol. The van der Waals surface area contributed by atoms with Crippen LogP contribution >= 0.6 is 0 Å². The lowest BCUT2D eigenvalue weighted by atomic mass is 9.95. The molecule has 0 radical (unpaired) electrons. The molecule has 1 unspecified atom stereocenters. The third kappa shape index (κ3) is 5.03. The van der Waals surface area contributed by atoms with E-state index in [1.807, 2.05) is 0 Å². The zero-order chi connectivity index (χ0) is 18.6. The van der Waals surface area contributed by atoms with Gasteiger partial charge >= 0.3 is 5.97 Å². The molecular formula is C18H22FNO5. The molecule has 0 aliphatic rings. The van der Waals surface area contributed by atoms with Gasteiger partial charge in [-0.15, -0.1) is 0 Å². The highest BCUT2D eigenvalue weighted by atomic mass is 19.1. The molecule has 2 aromatic rings. The van der Waals surface area contributed by atoms with E-state index in [1.54, 1.807) is 26.8 Å². The first-order valence-corrected chi connectivity index (χ1v) is 7.84. The molecule has 0 spiro atoms. The van der Waals surface area contributed by atoms with E-state index in [0.29, 0.717) is 11.3 Å². The summed E-state index contributed by atoms with van der Waals surface area (Å²) in [5.41, 5.74) is 0.188. The van der Waals surface area contributed by atoms with Crippen LogP contribution in [0.2, 0.25) is 0 Å². The SMILES string of the molecule is COc1ccc(C(CC(=O)OC(C)(C)C)c2nc(CO)co2)cc1F. The van der Waals surface area contributed by atoms with Crippen LogP contribution in [0.25, 0.3) is 0 Å². The Morgan fingerprint density at radius 1 is 1.40 bits per heavy atom. The van der Waals surface area contributed by atoms with Crippen molar-refractivity contribution < 1.29 is 28.2 Å². The van der Waals surface area contributed by atoms with Crippen LogP contribution in [-0.2, 0) is 16.1 Å². The molecule has 0 aliphatic heterocycles. The highest BCUT2D eigenvalue weighted by Crippen LogP contribution is 2.31. The number of aromatic nitrogens is 1. The summed E-state index contributed by atoms with van der Waals surface area (Å²) in [5, 5.41) is 9.16. The number of oxazole rings is 1. The molecule has 1 atom stereocenters. The highest BCUT2D eigenvalue weighted by Gasteiger charge is 2.27. The van der Waals surface area contributed by atoms with Crippen LogP contribution in [0.4, 0.5) is 4.39 Å². The van der Waals surface area contributed by atoms with Crippen LogP contribution in [0.15, 0.2) is 28.9 Å². The van der Waals surface area contributed by atoms with E-state index < -0.39 is 23.3 Å². The Morgan fingerprint density at radius 3 is 2.64 bits per heavy atom. The fraction of sp³-hybridized carbons (Fsp3) is 0.444. The number of aliphatic hydroxyl groups excluding tert-OH is 1. The predicted octanol–water partition coefficient (Wildman–Crippen LogP) is 3.18. The van der Waals surface area contributed by atoms with Gasteiger partial charge in [0.25, 0.3) is 0 Å². The van der Waals surface area contributed by atoms with Gasteiger partial charge in [0.2, 0.25) is 5.89 Å². The number of esters is 1. The van der Waals surface area contributed by atoms with Crippen LogP contribution in [0, 0.1) is 5.82 Å². The molecular weight excluding hydrogens is 329 g/mol. The first kappa shape index (κ1) is 18.9. The quantitative estimate of drug-likeness (QED) is 0.805. The van der Waals surface area contributed by atoms with Crippen molar-refractivity contribution in [1.82, 2.24) is 4.98 Å². The van der Waals surface area contributed by atoms with Gasteiger partial charge in [0.05, 0.1) is 26.1 Å². The third-order valence-corrected chi connectivity index (χ3v) is 3.40. The smallest absolute Gasteiger partial charge is 0.307 e. The third-order valence-electron chi connectivity index (χ3n) is 3.40. The molecule has 0 amide bonds. The molecule has 0 saturated carbocycles. The van der Waals surface area contributed by atoms with Crippen molar-refractivity contribution in [3.8, 4) is 5.75 Å². The summed E-state index contributed by atoms with van der Waals surface area (Å²) in [5.74, 6) is -1.35. The van der Waals surface area contributed by atoms with E-state index in [0.717, 1.165) is 0 Å². The number of benzene rings is 1. The minimum absolute atomic E-state index is 0.0750. The van der Waals surface area contributed by atoms with Gasteiger partial charge < -0.3 is 19.0 Å². The Balaban J connectivity index is 2.35. The highest BCUT2D eigenvalue weighted by molar-refractivity contribution is 5.71. The fourth-order valence-electron chi connectivity index (χ4n) is 2.35. The number of halogens is 1. The molecule has 0 saturated heterocycles. The summed E-state index contributed by atoms with van der Waals surface area (Å²) in [4.78, 5) is 16.4. The number of ether oxygens (including phenoxy) is 2. The average molecular weight is 351 g/mol. The Kier molecular flexibility index (Phi) is 5.79. The Labute approximate surface area is 145 Å². The molecule has 136 valence electrons. The van der Waals surface area contributed by atoms with Crippen LogP contribution in [0.5, 0.6) is 5.75 Å². The molecule has 1 aromatic carbocycles. The fourth-order valence-corrected chi connectivity index (χ4v) is 2.35. The van der Waals surface area contributed by atoms with Crippen molar-refractivity contribution in [2.45, 2.75) is 45.3 Å². The summed E-state index contributed by atoms with van der Waals surface area (Å²) in [7, 11) is 1.37. The standard InChI is InChI=1S/C18H22FNO5/c1-18(2,3)25-16(22)8-13(17-20-12(9-21)10-24-17)11-5-6-15(23-4)14(19)7-11/h5-7,10,13,21H,8-9H2,1-4H3. The van der Waals surface area contributed by atoms with E-state index in [-0.39, 0.29) is 24.7 Å². The summed E-state index contributed by atoms with van der Waals surface area (Å²) in [6.45, 7) is 5.01. The second-order valence-corrected chi connectivity index (χ2v) is 6.57. The minimum atomic E-state index is -0.643. The summed E-state index contributed by atoms with van der Waals surface area (Å²) >= 11 is 0. The number of hydrogen-bond donors (Lipinski definition) is 1. The zero-order valence-electron chi connectivity index (χ0n) is 14.7. The molecule has 0 bridgehead atoms. The lowest BCUT2D eigenvalue weighted by Gasteiger charge is -2.21. The Morgan fingerprint density at radius 2 is 2.12 bits per heavy atom. The lowest BCUT2D eigenvalue weighted by Crippen LogP contribution is -2.25. The van der Waals surface area contributed by atoms with Crippen molar-refractivity contribution in [2.24, 2.45) is 0 Å². The van der Waals surface area contributed by atoms with Gasteiger partial charge in [-0.1, -0.05) is 6.07 Å². The largest absolute Gasteiger partial charge is 0.494 e. The zero-order valence-corrected chi connectivity index (χ0v) is 14.7.